The van der Waals surface area contributed by atoms with Crippen molar-refractivity contribution in [3.05, 3.63) is 245 Å². The average molecular weight is 793 g/mol. The molecule has 0 saturated carbocycles. The Balaban J connectivity index is 0.000000150. The second kappa shape index (κ2) is 18.3. The number of amidine groups is 1. The zero-order valence-electron chi connectivity index (χ0n) is 34.7. The van der Waals surface area contributed by atoms with E-state index in [0.29, 0.717) is 11.5 Å². The van der Waals surface area contributed by atoms with Gasteiger partial charge in [0.2, 0.25) is 0 Å². The maximum atomic E-state index is 4.98. The van der Waals surface area contributed by atoms with Crippen molar-refractivity contribution in [3.63, 3.8) is 0 Å². The van der Waals surface area contributed by atoms with Crippen LogP contribution in [0, 0.1) is 20.8 Å². The van der Waals surface area contributed by atoms with Gasteiger partial charge in [0, 0.05) is 37.0 Å². The largest absolute Gasteiger partial charge is 0.233 e. The van der Waals surface area contributed by atoms with Gasteiger partial charge in [-0.25, -0.2) is 9.98 Å². The van der Waals surface area contributed by atoms with Gasteiger partial charge in [-0.1, -0.05) is 194 Å². The van der Waals surface area contributed by atoms with Crippen molar-refractivity contribution in [1.82, 2.24) is 0 Å². The van der Waals surface area contributed by atoms with Crippen LogP contribution in [0.1, 0.15) is 51.4 Å². The smallest absolute Gasteiger partial charge is 0.160 e. The molecule has 0 saturated heterocycles. The van der Waals surface area contributed by atoms with Gasteiger partial charge in [0.1, 0.15) is 0 Å². The molecule has 0 N–H and O–H groups in total. The SMILES string of the molecule is C=C(N=C(N=C(C)c1ccccc1)c1ccccc1)c1cccc2sc3ccc(C)cc3c12.Cc1ccc(-c2ccccc2)cc1.Cc1cccc2c1-c1ccccc1C2. The Morgan fingerprint density at radius 3 is 1.85 bits per heavy atom. The number of aliphatic imine (C=N–C) groups is 2. The quantitative estimate of drug-likeness (QED) is 0.122. The minimum absolute atomic E-state index is 0.662. The number of thiophene rings is 1. The van der Waals surface area contributed by atoms with E-state index in [0.717, 1.165) is 28.8 Å². The molecule has 0 atom stereocenters. The Morgan fingerprint density at radius 2 is 1.12 bits per heavy atom. The fourth-order valence-corrected chi connectivity index (χ4v) is 8.89. The molecule has 1 aliphatic rings. The Labute approximate surface area is 358 Å². The van der Waals surface area contributed by atoms with Gasteiger partial charge in [-0.15, -0.1) is 11.3 Å². The second-order valence-electron chi connectivity index (χ2n) is 15.3. The van der Waals surface area contributed by atoms with Crippen molar-refractivity contribution in [2.75, 3.05) is 0 Å². The fourth-order valence-electron chi connectivity index (χ4n) is 7.77. The highest BCUT2D eigenvalue weighted by Gasteiger charge is 2.18. The highest BCUT2D eigenvalue weighted by atomic mass is 32.1. The van der Waals surface area contributed by atoms with E-state index in [2.05, 4.69) is 167 Å². The van der Waals surface area contributed by atoms with Crippen LogP contribution in [-0.2, 0) is 6.42 Å². The summed E-state index contributed by atoms with van der Waals surface area (Å²) in [7, 11) is 0. The molecule has 3 heteroatoms. The standard InChI is InChI=1S/C30H24N2S.C14H12.C13H12/c1-20-17-18-27-26(19-20)29-25(15-10-16-28(29)33-27)22(3)32-30(24-13-8-5-9-14-24)31-21(2)23-11-6-4-7-12-23;1-10-5-4-7-12-9-11-6-2-3-8-13(11)14(10)12;1-11-7-9-13(10-8-11)12-5-3-2-4-6-12/h4-19H,3H2,1-2H3;2-8H,9H2,1H3;2-10H,1H3. The van der Waals surface area contributed by atoms with Gasteiger partial charge in [0.05, 0.1) is 5.70 Å². The average Bonchev–Trinajstić information content (AvgIpc) is 3.87. The first-order chi connectivity index (χ1) is 29.3. The summed E-state index contributed by atoms with van der Waals surface area (Å²) in [6, 6.07) is 67.6. The number of aryl methyl sites for hydroxylation is 3. The molecule has 0 spiro atoms. The molecule has 0 bridgehead atoms. The highest BCUT2D eigenvalue weighted by Crippen LogP contribution is 2.40. The topological polar surface area (TPSA) is 24.7 Å². The predicted molar refractivity (Wildman–Crippen MR) is 261 cm³/mol. The lowest BCUT2D eigenvalue weighted by Crippen LogP contribution is -2.04. The first-order valence-electron chi connectivity index (χ1n) is 20.5. The third-order valence-electron chi connectivity index (χ3n) is 10.9. The van der Waals surface area contributed by atoms with Gasteiger partial charge in [0.25, 0.3) is 0 Å². The van der Waals surface area contributed by atoms with Crippen LogP contribution in [0.15, 0.2) is 211 Å². The predicted octanol–water partition coefficient (Wildman–Crippen LogP) is 15.5. The molecule has 0 aliphatic heterocycles. The molecule has 0 radical (unpaired) electrons. The number of nitrogens with zero attached hydrogens (tertiary/aromatic N) is 2. The third-order valence-corrected chi connectivity index (χ3v) is 12.0. The number of hydrogen-bond donors (Lipinski definition) is 0. The van der Waals surface area contributed by atoms with Crippen LogP contribution < -0.4 is 0 Å². The lowest BCUT2D eigenvalue weighted by molar-refractivity contribution is 1.26. The van der Waals surface area contributed by atoms with Crippen molar-refractivity contribution in [2.24, 2.45) is 9.98 Å². The molecule has 0 fully saturated rings. The van der Waals surface area contributed by atoms with E-state index < -0.39 is 0 Å². The summed E-state index contributed by atoms with van der Waals surface area (Å²) < 4.78 is 2.52. The van der Waals surface area contributed by atoms with E-state index in [1.54, 1.807) is 0 Å². The summed E-state index contributed by atoms with van der Waals surface area (Å²) >= 11 is 1.81. The molecule has 60 heavy (non-hydrogen) atoms. The van der Waals surface area contributed by atoms with Gasteiger partial charge >= 0.3 is 0 Å². The first kappa shape index (κ1) is 39.9. The van der Waals surface area contributed by atoms with E-state index >= 15 is 0 Å². The highest BCUT2D eigenvalue weighted by molar-refractivity contribution is 7.25. The summed E-state index contributed by atoms with van der Waals surface area (Å²) in [5.74, 6) is 0.662. The zero-order valence-corrected chi connectivity index (χ0v) is 35.5. The molecule has 8 aromatic carbocycles. The van der Waals surface area contributed by atoms with E-state index in [9.17, 15) is 0 Å². The van der Waals surface area contributed by atoms with Gasteiger partial charge < -0.3 is 0 Å². The van der Waals surface area contributed by atoms with E-state index in [1.807, 2.05) is 72.9 Å². The molecule has 1 aromatic heterocycles. The molecule has 2 nitrogen and oxygen atoms in total. The second-order valence-corrected chi connectivity index (χ2v) is 16.4. The molecule has 1 heterocycles. The fraction of sp³-hybridized carbons (Fsp3) is 0.0877. The van der Waals surface area contributed by atoms with Crippen LogP contribution in [0.25, 0.3) is 48.1 Å². The summed E-state index contributed by atoms with van der Waals surface area (Å²) in [4.78, 5) is 9.92. The molecule has 292 valence electrons. The van der Waals surface area contributed by atoms with Crippen molar-refractivity contribution in [2.45, 2.75) is 34.1 Å². The van der Waals surface area contributed by atoms with Gasteiger partial charge in [0.15, 0.2) is 5.84 Å². The third kappa shape index (κ3) is 9.03. The summed E-state index contributed by atoms with van der Waals surface area (Å²) in [5.41, 5.74) is 17.1. The molecule has 9 aromatic rings. The molecule has 1 aliphatic carbocycles. The van der Waals surface area contributed by atoms with Crippen LogP contribution in [0.5, 0.6) is 0 Å². The molecule has 0 unspecified atom stereocenters. The Morgan fingerprint density at radius 1 is 0.517 bits per heavy atom. The maximum absolute atomic E-state index is 4.98. The van der Waals surface area contributed by atoms with E-state index in [4.69, 9.17) is 9.98 Å². The van der Waals surface area contributed by atoms with Crippen LogP contribution in [0.4, 0.5) is 0 Å². The molecular formula is C57H48N2S. The van der Waals surface area contributed by atoms with E-state index in [1.165, 1.54) is 70.2 Å². The summed E-state index contributed by atoms with van der Waals surface area (Å²) in [5, 5.41) is 2.47. The van der Waals surface area contributed by atoms with Crippen LogP contribution in [0.2, 0.25) is 0 Å². The Kier molecular flexibility index (Phi) is 12.2. The lowest BCUT2D eigenvalue weighted by atomic mass is 10.0. The monoisotopic (exact) mass is 792 g/mol. The number of hydrogen-bond acceptors (Lipinski definition) is 2. The normalized spacial score (nSPS) is 11.9. The van der Waals surface area contributed by atoms with Crippen LogP contribution in [0.3, 0.4) is 0 Å². The number of rotatable bonds is 5. The Bertz CT molecular complexity index is 2970. The minimum Gasteiger partial charge on any atom is -0.233 e. The molecule has 10 rings (SSSR count). The number of fused-ring (bicyclic) bond motifs is 6. The zero-order chi connectivity index (χ0) is 41.4. The summed E-state index contributed by atoms with van der Waals surface area (Å²) in [6.45, 7) is 12.8. The molecular weight excluding hydrogens is 745 g/mol. The van der Waals surface area contributed by atoms with Gasteiger partial charge in [-0.2, -0.15) is 0 Å². The van der Waals surface area contributed by atoms with Crippen LogP contribution in [-0.4, -0.2) is 11.5 Å². The van der Waals surface area contributed by atoms with Crippen molar-refractivity contribution in [1.29, 1.82) is 0 Å². The van der Waals surface area contributed by atoms with Crippen LogP contribution >= 0.6 is 11.3 Å². The number of benzene rings is 8. The van der Waals surface area contributed by atoms with Gasteiger partial charge in [-0.3, -0.25) is 0 Å². The molecule has 0 amide bonds. The Hall–Kier alpha value is -6.94. The lowest BCUT2D eigenvalue weighted by Gasteiger charge is -2.08. The van der Waals surface area contributed by atoms with Gasteiger partial charge in [-0.05, 0) is 96.8 Å². The minimum atomic E-state index is 0.662. The van der Waals surface area contributed by atoms with Crippen molar-refractivity contribution < 1.29 is 0 Å². The van der Waals surface area contributed by atoms with E-state index in [-0.39, 0.29) is 0 Å². The maximum Gasteiger partial charge on any atom is 0.160 e. The first-order valence-corrected chi connectivity index (χ1v) is 21.3. The van der Waals surface area contributed by atoms with Crippen molar-refractivity contribution in [3.8, 4) is 22.3 Å². The summed E-state index contributed by atoms with van der Waals surface area (Å²) in [6.07, 6.45) is 1.10. The van der Waals surface area contributed by atoms with Crippen molar-refractivity contribution >= 4 is 48.8 Å².